The molecule has 0 amide bonds. The van der Waals surface area contributed by atoms with Crippen LogP contribution in [0.4, 0.5) is 0 Å². The number of hydrogen-bond donors (Lipinski definition) is 4. The van der Waals surface area contributed by atoms with Crippen LogP contribution in [0.1, 0.15) is 19.8 Å². The maximum absolute atomic E-state index is 11.0. The normalized spacial score (nSPS) is 16.1. The number of carbonyl (C=O) groups excluding carboxylic acids is 1. The van der Waals surface area contributed by atoms with Crippen LogP contribution in [0.3, 0.4) is 0 Å². The van der Waals surface area contributed by atoms with Crippen molar-refractivity contribution in [2.45, 2.75) is 31.7 Å². The molecule has 0 saturated carbocycles. The molecular weight excluding hydrogens is 231 g/mol. The van der Waals surface area contributed by atoms with E-state index in [0.29, 0.717) is 0 Å². The number of aliphatic hydroxyl groups is 2. The van der Waals surface area contributed by atoms with Crippen LogP contribution in [0, 0.1) is 5.92 Å². The smallest absolute Gasteiger partial charge is 0.427 e. The summed E-state index contributed by atoms with van der Waals surface area (Å²) in [7, 11) is -0.361. The number of rotatable bonds is 8. The van der Waals surface area contributed by atoms with E-state index >= 15 is 0 Å². The Hall–Kier alpha value is -0.665. The summed E-state index contributed by atoms with van der Waals surface area (Å²) in [5, 5.41) is 36.5. The van der Waals surface area contributed by atoms with Gasteiger partial charge in [0.05, 0.1) is 19.6 Å². The molecule has 0 aliphatic rings. The molecule has 0 rings (SSSR count). The third-order valence-corrected chi connectivity index (χ3v) is 2.51. The Morgan fingerprint density at radius 1 is 1.41 bits per heavy atom. The van der Waals surface area contributed by atoms with Gasteiger partial charge in [0.25, 0.3) is 0 Å². The van der Waals surface area contributed by atoms with E-state index in [1.165, 1.54) is 0 Å². The van der Waals surface area contributed by atoms with E-state index in [9.17, 15) is 9.90 Å². The molecule has 100 valence electrons. The highest BCUT2D eigenvalue weighted by Gasteiger charge is 2.28. The zero-order valence-corrected chi connectivity index (χ0v) is 9.94. The molecule has 17 heavy (non-hydrogen) atoms. The van der Waals surface area contributed by atoms with E-state index in [1.807, 2.05) is 0 Å². The van der Waals surface area contributed by atoms with Crippen LogP contribution in [0.2, 0.25) is 5.82 Å². The summed E-state index contributed by atoms with van der Waals surface area (Å²) in [5.41, 5.74) is 0. The number of aliphatic hydroxyl groups excluding tert-OH is 2. The van der Waals surface area contributed by atoms with Gasteiger partial charge in [-0.15, -0.1) is 0 Å². The van der Waals surface area contributed by atoms with E-state index in [2.05, 4.69) is 9.78 Å². The van der Waals surface area contributed by atoms with E-state index < -0.39 is 30.9 Å². The second-order valence-electron chi connectivity index (χ2n) is 3.96. The lowest BCUT2D eigenvalue weighted by atomic mass is 9.69. The van der Waals surface area contributed by atoms with Gasteiger partial charge in [-0.2, -0.15) is 4.89 Å². The summed E-state index contributed by atoms with van der Waals surface area (Å²) in [5.74, 6) is -1.90. The average molecular weight is 250 g/mol. The first-order chi connectivity index (χ1) is 7.92. The first-order valence-corrected chi connectivity index (χ1v) is 5.30. The van der Waals surface area contributed by atoms with E-state index in [1.54, 1.807) is 6.92 Å². The van der Waals surface area contributed by atoms with Crippen LogP contribution >= 0.6 is 0 Å². The lowest BCUT2D eigenvalue weighted by Gasteiger charge is -2.22. The molecule has 0 aromatic heterocycles. The van der Waals surface area contributed by atoms with Gasteiger partial charge in [0, 0.05) is 12.5 Å². The molecule has 4 N–H and O–H groups in total. The highest BCUT2D eigenvalue weighted by atomic mass is 17.2. The quantitative estimate of drug-likeness (QED) is 0.240. The minimum Gasteiger partial charge on any atom is -0.427 e. The molecule has 3 atom stereocenters. The van der Waals surface area contributed by atoms with Crippen LogP contribution in [0.15, 0.2) is 0 Å². The first kappa shape index (κ1) is 16.3. The van der Waals surface area contributed by atoms with Crippen LogP contribution in [0.5, 0.6) is 0 Å². The second-order valence-corrected chi connectivity index (χ2v) is 3.96. The third kappa shape index (κ3) is 6.59. The second kappa shape index (κ2) is 8.43. The fourth-order valence-electron chi connectivity index (χ4n) is 1.42. The molecule has 2 unspecified atom stereocenters. The monoisotopic (exact) mass is 250 g/mol. The largest absolute Gasteiger partial charge is 0.454 e. The molecule has 0 saturated heterocycles. The lowest BCUT2D eigenvalue weighted by Crippen LogP contribution is -2.31. The molecule has 0 aliphatic carbocycles. The van der Waals surface area contributed by atoms with Crippen molar-refractivity contribution < 1.29 is 34.8 Å². The fraction of sp³-hybridized carbons (Fsp3) is 0.889. The Morgan fingerprint density at radius 3 is 2.41 bits per heavy atom. The Balaban J connectivity index is 4.20. The number of hydrogen-bond acceptors (Lipinski definition) is 7. The summed E-state index contributed by atoms with van der Waals surface area (Å²) in [6.07, 6.45) is -1.27. The Kier molecular flexibility index (Phi) is 8.10. The Morgan fingerprint density at radius 2 is 2.00 bits per heavy atom. The third-order valence-electron chi connectivity index (χ3n) is 2.51. The van der Waals surface area contributed by atoms with E-state index in [4.69, 9.17) is 15.2 Å². The zero-order chi connectivity index (χ0) is 13.4. The van der Waals surface area contributed by atoms with E-state index in [-0.39, 0.29) is 19.4 Å². The summed E-state index contributed by atoms with van der Waals surface area (Å²) in [6.45, 7) is 1.20. The summed E-state index contributed by atoms with van der Waals surface area (Å²) in [6, 6.07) is 0. The molecule has 0 aromatic carbocycles. The molecule has 0 heterocycles. The minimum atomic E-state index is -1.53. The van der Waals surface area contributed by atoms with Crippen molar-refractivity contribution in [1.29, 1.82) is 0 Å². The summed E-state index contributed by atoms with van der Waals surface area (Å²) >= 11 is 0. The average Bonchev–Trinajstić information content (AvgIpc) is 2.25. The number of carbonyl (C=O) groups is 1. The molecule has 0 radical (unpaired) electrons. The van der Waals surface area contributed by atoms with Gasteiger partial charge in [-0.25, -0.2) is 4.79 Å². The van der Waals surface area contributed by atoms with Gasteiger partial charge in [-0.05, 0) is 12.2 Å². The zero-order valence-electron chi connectivity index (χ0n) is 9.94. The molecule has 0 fully saturated rings. The molecule has 0 spiro atoms. The fourth-order valence-corrected chi connectivity index (χ4v) is 1.42. The van der Waals surface area contributed by atoms with Crippen LogP contribution in [-0.4, -0.2) is 53.2 Å². The Labute approximate surface area is 100 Å². The van der Waals surface area contributed by atoms with Crippen LogP contribution in [0.25, 0.3) is 0 Å². The van der Waals surface area contributed by atoms with Crippen LogP contribution < -0.4 is 0 Å². The summed E-state index contributed by atoms with van der Waals surface area (Å²) < 4.78 is 0. The predicted molar refractivity (Wildman–Crippen MR) is 58.5 cm³/mol. The van der Waals surface area contributed by atoms with Crippen molar-refractivity contribution in [3.05, 3.63) is 0 Å². The minimum absolute atomic E-state index is 0.176. The van der Waals surface area contributed by atoms with Crippen molar-refractivity contribution in [2.24, 2.45) is 5.92 Å². The predicted octanol–water partition coefficient (Wildman–Crippen LogP) is -1.30. The topological polar surface area (TPSA) is 116 Å². The molecule has 7 nitrogen and oxygen atoms in total. The van der Waals surface area contributed by atoms with Gasteiger partial charge in [0.15, 0.2) is 0 Å². The van der Waals surface area contributed by atoms with Gasteiger partial charge in [0.1, 0.15) is 0 Å². The summed E-state index contributed by atoms with van der Waals surface area (Å²) in [4.78, 5) is 19.3. The van der Waals surface area contributed by atoms with Crippen molar-refractivity contribution in [2.75, 3.05) is 13.7 Å². The highest BCUT2D eigenvalue weighted by molar-refractivity contribution is 6.42. The van der Waals surface area contributed by atoms with Crippen molar-refractivity contribution in [3.8, 4) is 0 Å². The maximum Gasteiger partial charge on any atom is 0.454 e. The van der Waals surface area contributed by atoms with Gasteiger partial charge in [-0.3, -0.25) is 4.89 Å². The highest BCUT2D eigenvalue weighted by Crippen LogP contribution is 2.22. The van der Waals surface area contributed by atoms with Gasteiger partial charge >= 0.3 is 13.1 Å². The van der Waals surface area contributed by atoms with Crippen molar-refractivity contribution in [3.63, 3.8) is 0 Å². The standard InChI is InChI=1S/C9H19BO7/c1-6(10(14)15)3-7(5-11)8(12)4-9(13)17-16-2/h6-8,11-12,14-15H,3-5H2,1-2H3/t6-,7?,8?/m0/s1. The maximum atomic E-state index is 11.0. The first-order valence-electron chi connectivity index (χ1n) is 5.30. The van der Waals surface area contributed by atoms with Gasteiger partial charge in [-0.1, -0.05) is 6.92 Å². The van der Waals surface area contributed by atoms with Crippen molar-refractivity contribution in [1.82, 2.24) is 0 Å². The Bertz CT molecular complexity index is 223. The van der Waals surface area contributed by atoms with Crippen molar-refractivity contribution >= 4 is 13.1 Å². The lowest BCUT2D eigenvalue weighted by molar-refractivity contribution is -0.256. The van der Waals surface area contributed by atoms with Crippen LogP contribution in [-0.2, 0) is 14.6 Å². The van der Waals surface area contributed by atoms with Gasteiger partial charge in [0.2, 0.25) is 0 Å². The van der Waals surface area contributed by atoms with Gasteiger partial charge < -0.3 is 20.3 Å². The van der Waals surface area contributed by atoms with E-state index in [0.717, 1.165) is 7.11 Å². The molecular formula is C9H19BO7. The molecule has 0 aliphatic heterocycles. The molecule has 0 bridgehead atoms. The molecule has 8 heteroatoms. The SMILES string of the molecule is COOC(=O)CC(O)C(CO)C[C@H](C)B(O)O. The molecule has 0 aromatic rings.